The minimum atomic E-state index is -4.38. The highest BCUT2D eigenvalue weighted by Crippen LogP contribution is 2.33. The van der Waals surface area contributed by atoms with Crippen LogP contribution in [0, 0.1) is 0 Å². The third kappa shape index (κ3) is 4.33. The van der Waals surface area contributed by atoms with E-state index in [1.165, 1.54) is 24.1 Å². The van der Waals surface area contributed by atoms with Crippen molar-refractivity contribution in [2.75, 3.05) is 0 Å². The molecule has 0 radical (unpaired) electrons. The van der Waals surface area contributed by atoms with Crippen LogP contribution in [-0.4, -0.2) is 14.8 Å². The minimum Gasteiger partial charge on any atom is -0.461 e. The molecular formula is C20H13ClF3N3OS. The van der Waals surface area contributed by atoms with Gasteiger partial charge in [-0.25, -0.2) is 0 Å². The van der Waals surface area contributed by atoms with E-state index < -0.39 is 11.7 Å². The van der Waals surface area contributed by atoms with Gasteiger partial charge in [0.25, 0.3) is 0 Å². The Bertz CT molecular complexity index is 1130. The second-order valence-corrected chi connectivity index (χ2v) is 7.46. The lowest BCUT2D eigenvalue weighted by Crippen LogP contribution is -2.05. The van der Waals surface area contributed by atoms with E-state index in [0.29, 0.717) is 33.1 Å². The molecule has 0 saturated carbocycles. The van der Waals surface area contributed by atoms with Gasteiger partial charge in [0.1, 0.15) is 0 Å². The molecular weight excluding hydrogens is 423 g/mol. The second-order valence-electron chi connectivity index (χ2n) is 6.09. The molecule has 0 fully saturated rings. The first kappa shape index (κ1) is 19.6. The molecule has 4 rings (SSSR count). The zero-order chi connectivity index (χ0) is 20.4. The van der Waals surface area contributed by atoms with Gasteiger partial charge in [-0.2, -0.15) is 13.2 Å². The summed E-state index contributed by atoms with van der Waals surface area (Å²) in [5.41, 5.74) is 0.577. The molecule has 0 saturated heterocycles. The molecule has 148 valence electrons. The van der Waals surface area contributed by atoms with Crippen molar-refractivity contribution < 1.29 is 17.6 Å². The summed E-state index contributed by atoms with van der Waals surface area (Å²) in [5, 5.41) is 9.47. The third-order valence-corrected chi connectivity index (χ3v) is 5.30. The lowest BCUT2D eigenvalue weighted by molar-refractivity contribution is -0.137. The Morgan fingerprint density at radius 1 is 1.00 bits per heavy atom. The number of furan rings is 1. The van der Waals surface area contributed by atoms with E-state index in [1.54, 1.807) is 41.0 Å². The van der Waals surface area contributed by atoms with Gasteiger partial charge in [-0.15, -0.1) is 10.2 Å². The van der Waals surface area contributed by atoms with E-state index >= 15 is 0 Å². The van der Waals surface area contributed by atoms with Gasteiger partial charge in [0.15, 0.2) is 10.9 Å². The van der Waals surface area contributed by atoms with Gasteiger partial charge in [0, 0.05) is 10.8 Å². The molecule has 4 nitrogen and oxygen atoms in total. The van der Waals surface area contributed by atoms with Crippen LogP contribution >= 0.6 is 23.4 Å². The number of halogens is 4. The molecule has 0 amide bonds. The van der Waals surface area contributed by atoms with E-state index in [-0.39, 0.29) is 0 Å². The van der Waals surface area contributed by atoms with E-state index in [0.717, 1.165) is 17.8 Å². The number of nitrogens with zero attached hydrogens (tertiary/aromatic N) is 3. The number of aromatic nitrogens is 3. The van der Waals surface area contributed by atoms with Crippen LogP contribution in [0.25, 0.3) is 17.3 Å². The molecule has 0 aliphatic carbocycles. The molecule has 0 bridgehead atoms. The number of hydrogen-bond acceptors (Lipinski definition) is 4. The predicted molar refractivity (Wildman–Crippen MR) is 105 cm³/mol. The molecule has 0 unspecified atom stereocenters. The second kappa shape index (κ2) is 7.96. The number of alkyl halides is 3. The SMILES string of the molecule is FC(F)(F)c1cccc(CSc2nnc(-c3ccco3)n2-c2cccc(Cl)c2)c1. The highest BCUT2D eigenvalue weighted by Gasteiger charge is 2.30. The van der Waals surface area contributed by atoms with Gasteiger partial charge in [-0.1, -0.05) is 47.6 Å². The molecule has 0 atom stereocenters. The maximum Gasteiger partial charge on any atom is 0.416 e. The van der Waals surface area contributed by atoms with Crippen LogP contribution in [0.5, 0.6) is 0 Å². The average molecular weight is 436 g/mol. The highest BCUT2D eigenvalue weighted by molar-refractivity contribution is 7.98. The van der Waals surface area contributed by atoms with Gasteiger partial charge >= 0.3 is 6.18 Å². The van der Waals surface area contributed by atoms with Crippen LogP contribution in [-0.2, 0) is 11.9 Å². The summed E-state index contributed by atoms with van der Waals surface area (Å²) in [4.78, 5) is 0. The first-order valence-electron chi connectivity index (χ1n) is 8.46. The molecule has 2 heterocycles. The zero-order valence-corrected chi connectivity index (χ0v) is 16.3. The monoisotopic (exact) mass is 435 g/mol. The standard InChI is InChI=1S/C20H13ClF3N3OS/c21-15-6-2-7-16(11-15)27-18(17-8-3-9-28-17)25-26-19(27)29-12-13-4-1-5-14(10-13)20(22,23)24/h1-11H,12H2. The molecule has 29 heavy (non-hydrogen) atoms. The topological polar surface area (TPSA) is 43.9 Å². The summed E-state index contributed by atoms with van der Waals surface area (Å²) in [6, 6.07) is 15.9. The van der Waals surface area contributed by atoms with Gasteiger partial charge < -0.3 is 4.42 Å². The van der Waals surface area contributed by atoms with E-state index in [1.807, 2.05) is 6.07 Å². The van der Waals surface area contributed by atoms with Crippen molar-refractivity contribution in [3.05, 3.63) is 83.1 Å². The highest BCUT2D eigenvalue weighted by atomic mass is 35.5. The first-order chi connectivity index (χ1) is 13.9. The Kier molecular flexibility index (Phi) is 5.38. The Labute approximate surface area is 173 Å². The van der Waals surface area contributed by atoms with Crippen LogP contribution in [0.4, 0.5) is 13.2 Å². The molecule has 0 aliphatic rings. The average Bonchev–Trinajstić information content (AvgIpc) is 3.35. The number of benzene rings is 2. The minimum absolute atomic E-state index is 0.292. The fourth-order valence-corrected chi connectivity index (χ4v) is 3.84. The fraction of sp³-hybridized carbons (Fsp3) is 0.100. The lowest BCUT2D eigenvalue weighted by Gasteiger charge is -2.11. The molecule has 2 aromatic heterocycles. The summed E-state index contributed by atoms with van der Waals surface area (Å²) in [6.45, 7) is 0. The summed E-state index contributed by atoms with van der Waals surface area (Å²) < 4.78 is 46.1. The largest absolute Gasteiger partial charge is 0.461 e. The maximum atomic E-state index is 13.0. The van der Waals surface area contributed by atoms with Crippen molar-refractivity contribution in [3.8, 4) is 17.3 Å². The Morgan fingerprint density at radius 3 is 2.55 bits per heavy atom. The van der Waals surface area contributed by atoms with Gasteiger partial charge in [-0.3, -0.25) is 4.57 Å². The zero-order valence-electron chi connectivity index (χ0n) is 14.7. The van der Waals surface area contributed by atoms with E-state index in [9.17, 15) is 13.2 Å². The molecule has 0 N–H and O–H groups in total. The van der Waals surface area contributed by atoms with Gasteiger partial charge in [-0.05, 0) is 42.0 Å². The Balaban J connectivity index is 1.68. The van der Waals surface area contributed by atoms with Crippen LogP contribution in [0.1, 0.15) is 11.1 Å². The van der Waals surface area contributed by atoms with Crippen molar-refractivity contribution in [1.29, 1.82) is 0 Å². The van der Waals surface area contributed by atoms with Crippen molar-refractivity contribution in [3.63, 3.8) is 0 Å². The summed E-state index contributed by atoms with van der Waals surface area (Å²) in [5.74, 6) is 1.29. The van der Waals surface area contributed by atoms with Crippen molar-refractivity contribution in [2.24, 2.45) is 0 Å². The Hall–Kier alpha value is -2.71. The van der Waals surface area contributed by atoms with Crippen LogP contribution in [0.15, 0.2) is 76.5 Å². The van der Waals surface area contributed by atoms with Crippen LogP contribution in [0.3, 0.4) is 0 Å². The maximum absolute atomic E-state index is 13.0. The normalized spacial score (nSPS) is 11.7. The third-order valence-electron chi connectivity index (χ3n) is 4.06. The quantitative estimate of drug-likeness (QED) is 0.336. The molecule has 2 aromatic carbocycles. The number of rotatable bonds is 5. The Morgan fingerprint density at radius 2 is 1.83 bits per heavy atom. The first-order valence-corrected chi connectivity index (χ1v) is 9.82. The van der Waals surface area contributed by atoms with Gasteiger partial charge in [0.2, 0.25) is 5.82 Å². The van der Waals surface area contributed by atoms with Gasteiger partial charge in [0.05, 0.1) is 17.5 Å². The summed E-state index contributed by atoms with van der Waals surface area (Å²) in [7, 11) is 0. The number of thioether (sulfide) groups is 1. The predicted octanol–water partition coefficient (Wildman–Crippen LogP) is 6.49. The molecule has 9 heteroatoms. The van der Waals surface area contributed by atoms with Crippen molar-refractivity contribution >= 4 is 23.4 Å². The van der Waals surface area contributed by atoms with E-state index in [2.05, 4.69) is 10.2 Å². The van der Waals surface area contributed by atoms with Crippen molar-refractivity contribution in [1.82, 2.24) is 14.8 Å². The molecule has 0 spiro atoms. The smallest absolute Gasteiger partial charge is 0.416 e. The molecule has 4 aromatic rings. The van der Waals surface area contributed by atoms with Crippen LogP contribution in [0.2, 0.25) is 5.02 Å². The fourth-order valence-electron chi connectivity index (χ4n) is 2.76. The lowest BCUT2D eigenvalue weighted by atomic mass is 10.1. The molecule has 0 aliphatic heterocycles. The van der Waals surface area contributed by atoms with Crippen molar-refractivity contribution in [2.45, 2.75) is 17.1 Å². The number of hydrogen-bond donors (Lipinski definition) is 0. The summed E-state index contributed by atoms with van der Waals surface area (Å²) in [6.07, 6.45) is -2.85. The summed E-state index contributed by atoms with van der Waals surface area (Å²) >= 11 is 7.41. The van der Waals surface area contributed by atoms with E-state index in [4.69, 9.17) is 16.0 Å². The van der Waals surface area contributed by atoms with Crippen LogP contribution < -0.4 is 0 Å².